The highest BCUT2D eigenvalue weighted by Crippen LogP contribution is 2.11. The minimum Gasteiger partial charge on any atom is -0.492 e. The third kappa shape index (κ3) is 4.95. The second kappa shape index (κ2) is 5.77. The van der Waals surface area contributed by atoms with E-state index in [0.717, 1.165) is 0 Å². The van der Waals surface area contributed by atoms with Gasteiger partial charge in [0.15, 0.2) is 5.78 Å². The minimum atomic E-state index is -0.0688. The molecule has 0 atom stereocenters. The van der Waals surface area contributed by atoms with E-state index in [0.29, 0.717) is 24.5 Å². The Balaban J connectivity index is 2.65. The Labute approximate surface area is 102 Å². The fourth-order valence-corrected chi connectivity index (χ4v) is 1.26. The summed E-state index contributed by atoms with van der Waals surface area (Å²) in [6.45, 7) is 8.84. The summed E-state index contributed by atoms with van der Waals surface area (Å²) in [5.74, 6) is 0.656. The SMILES string of the molecule is CCOc1cncc(C(=O)CNC(C)(C)C)c1. The van der Waals surface area contributed by atoms with E-state index in [9.17, 15) is 4.79 Å². The van der Waals surface area contributed by atoms with Crippen molar-refractivity contribution < 1.29 is 9.53 Å². The van der Waals surface area contributed by atoms with Gasteiger partial charge >= 0.3 is 0 Å². The molecule has 0 saturated heterocycles. The molecule has 0 amide bonds. The molecule has 1 N–H and O–H groups in total. The lowest BCUT2D eigenvalue weighted by atomic mass is 10.1. The van der Waals surface area contributed by atoms with Crippen molar-refractivity contribution in [3.8, 4) is 5.75 Å². The second-order valence-corrected chi connectivity index (χ2v) is 4.87. The topological polar surface area (TPSA) is 51.2 Å². The Morgan fingerprint density at radius 2 is 2.12 bits per heavy atom. The molecule has 0 unspecified atom stereocenters. The third-order valence-electron chi connectivity index (χ3n) is 2.13. The molecule has 0 aliphatic heterocycles. The molecule has 17 heavy (non-hydrogen) atoms. The van der Waals surface area contributed by atoms with Crippen LogP contribution in [0, 0.1) is 0 Å². The van der Waals surface area contributed by atoms with Crippen molar-refractivity contribution in [1.82, 2.24) is 10.3 Å². The zero-order valence-corrected chi connectivity index (χ0v) is 10.9. The molecule has 1 aromatic rings. The number of carbonyl (C=O) groups is 1. The van der Waals surface area contributed by atoms with E-state index >= 15 is 0 Å². The van der Waals surface area contributed by atoms with Crippen molar-refractivity contribution >= 4 is 5.78 Å². The number of ketones is 1. The van der Waals surface area contributed by atoms with Crippen LogP contribution in [0.5, 0.6) is 5.75 Å². The zero-order valence-electron chi connectivity index (χ0n) is 10.9. The van der Waals surface area contributed by atoms with E-state index in [2.05, 4.69) is 10.3 Å². The quantitative estimate of drug-likeness (QED) is 0.795. The van der Waals surface area contributed by atoms with Gasteiger partial charge in [0, 0.05) is 17.3 Å². The largest absolute Gasteiger partial charge is 0.492 e. The van der Waals surface area contributed by atoms with Gasteiger partial charge in [-0.15, -0.1) is 0 Å². The predicted molar refractivity (Wildman–Crippen MR) is 67.5 cm³/mol. The Hall–Kier alpha value is -1.42. The van der Waals surface area contributed by atoms with Crippen LogP contribution >= 0.6 is 0 Å². The van der Waals surface area contributed by atoms with Crippen LogP contribution in [0.2, 0.25) is 0 Å². The molecule has 1 aromatic heterocycles. The summed E-state index contributed by atoms with van der Waals surface area (Å²) in [6.07, 6.45) is 3.17. The molecule has 4 heteroatoms. The van der Waals surface area contributed by atoms with Crippen LogP contribution in [0.1, 0.15) is 38.1 Å². The first-order valence-corrected chi connectivity index (χ1v) is 5.78. The summed E-state index contributed by atoms with van der Waals surface area (Å²) in [4.78, 5) is 15.9. The highest BCUT2D eigenvalue weighted by molar-refractivity contribution is 5.97. The highest BCUT2D eigenvalue weighted by Gasteiger charge is 2.13. The van der Waals surface area contributed by atoms with Crippen molar-refractivity contribution in [2.24, 2.45) is 0 Å². The molecule has 94 valence electrons. The number of rotatable bonds is 5. The molecule has 0 spiro atoms. The Kier molecular flexibility index (Phi) is 4.63. The maximum Gasteiger partial charge on any atom is 0.178 e. The van der Waals surface area contributed by atoms with Gasteiger partial charge < -0.3 is 10.1 Å². The molecular formula is C13H20N2O2. The number of hydrogen-bond acceptors (Lipinski definition) is 4. The van der Waals surface area contributed by atoms with Crippen LogP contribution in [0.25, 0.3) is 0 Å². The summed E-state index contributed by atoms with van der Waals surface area (Å²) < 4.78 is 5.31. The maximum absolute atomic E-state index is 11.9. The van der Waals surface area contributed by atoms with Crippen LogP contribution in [0.15, 0.2) is 18.5 Å². The van der Waals surface area contributed by atoms with Gasteiger partial charge in [-0.2, -0.15) is 0 Å². The highest BCUT2D eigenvalue weighted by atomic mass is 16.5. The van der Waals surface area contributed by atoms with Crippen LogP contribution in [0.3, 0.4) is 0 Å². The Morgan fingerprint density at radius 3 is 2.71 bits per heavy atom. The summed E-state index contributed by atoms with van der Waals surface area (Å²) in [7, 11) is 0. The smallest absolute Gasteiger partial charge is 0.178 e. The first-order valence-electron chi connectivity index (χ1n) is 5.78. The summed E-state index contributed by atoms with van der Waals surface area (Å²) in [5.41, 5.74) is 0.508. The average Bonchev–Trinajstić information content (AvgIpc) is 2.26. The first-order chi connectivity index (χ1) is 7.92. The Morgan fingerprint density at radius 1 is 1.41 bits per heavy atom. The van der Waals surface area contributed by atoms with E-state index in [4.69, 9.17) is 4.74 Å². The van der Waals surface area contributed by atoms with Gasteiger partial charge in [0.2, 0.25) is 0 Å². The molecule has 0 radical (unpaired) electrons. The van der Waals surface area contributed by atoms with Crippen molar-refractivity contribution in [3.63, 3.8) is 0 Å². The van der Waals surface area contributed by atoms with E-state index in [-0.39, 0.29) is 11.3 Å². The predicted octanol–water partition coefficient (Wildman–Crippen LogP) is 2.05. The summed E-state index contributed by atoms with van der Waals surface area (Å²) in [6, 6.07) is 1.73. The molecule has 4 nitrogen and oxygen atoms in total. The van der Waals surface area contributed by atoms with Crippen molar-refractivity contribution in [2.45, 2.75) is 33.2 Å². The lowest BCUT2D eigenvalue weighted by Gasteiger charge is -2.19. The molecule has 0 saturated carbocycles. The van der Waals surface area contributed by atoms with Gasteiger partial charge in [-0.1, -0.05) is 0 Å². The molecule has 0 fully saturated rings. The number of nitrogens with zero attached hydrogens (tertiary/aromatic N) is 1. The average molecular weight is 236 g/mol. The van der Waals surface area contributed by atoms with Gasteiger partial charge in [0.05, 0.1) is 19.3 Å². The first kappa shape index (κ1) is 13.6. The number of aromatic nitrogens is 1. The maximum atomic E-state index is 11.9. The zero-order chi connectivity index (χ0) is 12.9. The number of Topliss-reactive ketones (excluding diaryl/α,β-unsaturated/α-hetero) is 1. The number of ether oxygens (including phenoxy) is 1. The Bertz CT molecular complexity index is 383. The van der Waals surface area contributed by atoms with Gasteiger partial charge in [0.25, 0.3) is 0 Å². The van der Waals surface area contributed by atoms with E-state index in [1.165, 1.54) is 0 Å². The minimum absolute atomic E-state index is 0.0222. The van der Waals surface area contributed by atoms with E-state index < -0.39 is 0 Å². The molecule has 0 aliphatic rings. The number of hydrogen-bond donors (Lipinski definition) is 1. The van der Waals surface area contributed by atoms with Gasteiger partial charge in [0.1, 0.15) is 5.75 Å². The lowest BCUT2D eigenvalue weighted by molar-refractivity contribution is 0.0981. The number of carbonyl (C=O) groups excluding carboxylic acids is 1. The fraction of sp³-hybridized carbons (Fsp3) is 0.538. The van der Waals surface area contributed by atoms with Crippen molar-refractivity contribution in [2.75, 3.05) is 13.2 Å². The summed E-state index contributed by atoms with van der Waals surface area (Å²) >= 11 is 0. The molecule has 1 rings (SSSR count). The van der Waals surface area contributed by atoms with Crippen molar-refractivity contribution in [1.29, 1.82) is 0 Å². The van der Waals surface area contributed by atoms with Gasteiger partial charge in [-0.05, 0) is 33.8 Å². The number of pyridine rings is 1. The molecular weight excluding hydrogens is 216 g/mol. The fourth-order valence-electron chi connectivity index (χ4n) is 1.26. The molecule has 0 aromatic carbocycles. The van der Waals surface area contributed by atoms with Crippen LogP contribution < -0.4 is 10.1 Å². The molecule has 1 heterocycles. The van der Waals surface area contributed by atoms with Gasteiger partial charge in [-0.3, -0.25) is 9.78 Å². The molecule has 0 bridgehead atoms. The van der Waals surface area contributed by atoms with Crippen molar-refractivity contribution in [3.05, 3.63) is 24.0 Å². The van der Waals surface area contributed by atoms with Crippen LogP contribution in [-0.2, 0) is 0 Å². The summed E-state index contributed by atoms with van der Waals surface area (Å²) in [5, 5.41) is 3.15. The van der Waals surface area contributed by atoms with Gasteiger partial charge in [-0.25, -0.2) is 0 Å². The normalized spacial score (nSPS) is 11.3. The van der Waals surface area contributed by atoms with E-state index in [1.807, 2.05) is 27.7 Å². The van der Waals surface area contributed by atoms with Crippen LogP contribution in [0.4, 0.5) is 0 Å². The monoisotopic (exact) mass is 236 g/mol. The van der Waals surface area contributed by atoms with E-state index in [1.54, 1.807) is 18.5 Å². The van der Waals surface area contributed by atoms with Crippen LogP contribution in [-0.4, -0.2) is 29.5 Å². The lowest BCUT2D eigenvalue weighted by Crippen LogP contribution is -2.39. The number of nitrogens with one attached hydrogen (secondary N) is 1. The second-order valence-electron chi connectivity index (χ2n) is 4.87. The molecule has 0 aliphatic carbocycles. The third-order valence-corrected chi connectivity index (χ3v) is 2.13. The standard InChI is InChI=1S/C13H20N2O2/c1-5-17-11-6-10(7-14-8-11)12(16)9-15-13(2,3)4/h6-8,15H,5,9H2,1-4H3.